The van der Waals surface area contributed by atoms with E-state index in [4.69, 9.17) is 10.2 Å². The van der Waals surface area contributed by atoms with E-state index in [1.165, 1.54) is 0 Å². The van der Waals surface area contributed by atoms with Gasteiger partial charge in [0, 0.05) is 18.3 Å². The molecule has 0 aliphatic rings. The number of carboxylic acids is 1. The molecule has 0 bridgehead atoms. The number of rotatable bonds is 5. The molecule has 0 saturated heterocycles. The van der Waals surface area contributed by atoms with Gasteiger partial charge in [-0.05, 0) is 13.8 Å². The molecule has 0 saturated carbocycles. The zero-order valence-corrected chi connectivity index (χ0v) is 10.6. The molecule has 0 aliphatic carbocycles. The number of aromatic nitrogens is 2. The summed E-state index contributed by atoms with van der Waals surface area (Å²) in [4.78, 5) is 22.3. The van der Waals surface area contributed by atoms with Crippen LogP contribution in [-0.2, 0) is 23.1 Å². The fourth-order valence-electron chi connectivity index (χ4n) is 1.66. The van der Waals surface area contributed by atoms with Gasteiger partial charge in [-0.3, -0.25) is 9.48 Å². The first-order valence-corrected chi connectivity index (χ1v) is 5.49. The molecule has 0 spiro atoms. The highest BCUT2D eigenvalue weighted by Crippen LogP contribution is 2.12. The van der Waals surface area contributed by atoms with Gasteiger partial charge in [0.15, 0.2) is 0 Å². The maximum Gasteiger partial charge on any atom is 0.328 e. The molecule has 7 heteroatoms. The van der Waals surface area contributed by atoms with Crippen molar-refractivity contribution < 1.29 is 19.8 Å². The maximum absolute atomic E-state index is 11.7. The van der Waals surface area contributed by atoms with Crippen molar-refractivity contribution in [3.63, 3.8) is 0 Å². The summed E-state index contributed by atoms with van der Waals surface area (Å²) in [6.07, 6.45) is 0.0509. The number of carboxylic acid groups (broad SMARTS) is 1. The summed E-state index contributed by atoms with van der Waals surface area (Å²) in [6, 6.07) is -1.27. The van der Waals surface area contributed by atoms with E-state index < -0.39 is 24.5 Å². The molecule has 1 unspecified atom stereocenters. The van der Waals surface area contributed by atoms with Crippen LogP contribution in [0.4, 0.5) is 0 Å². The quantitative estimate of drug-likeness (QED) is 0.635. The second-order valence-electron chi connectivity index (χ2n) is 4.09. The van der Waals surface area contributed by atoms with Crippen LogP contribution in [0.2, 0.25) is 0 Å². The minimum Gasteiger partial charge on any atom is -0.480 e. The summed E-state index contributed by atoms with van der Waals surface area (Å²) in [5.74, 6) is -1.71. The Morgan fingerprint density at radius 3 is 2.44 bits per heavy atom. The fraction of sp³-hybridized carbons (Fsp3) is 0.545. The third-order valence-corrected chi connectivity index (χ3v) is 2.81. The van der Waals surface area contributed by atoms with Crippen molar-refractivity contribution in [3.8, 4) is 0 Å². The Kier molecular flexibility index (Phi) is 4.43. The number of carbonyl (C=O) groups is 2. The lowest BCUT2D eigenvalue weighted by atomic mass is 10.1. The minimum atomic E-state index is -1.27. The van der Waals surface area contributed by atoms with E-state index in [1.54, 1.807) is 18.7 Å². The molecule has 1 aromatic heterocycles. The number of aliphatic carboxylic acids is 1. The van der Waals surface area contributed by atoms with Gasteiger partial charge in [-0.25, -0.2) is 4.79 Å². The Bertz CT molecular complexity index is 467. The highest BCUT2D eigenvalue weighted by Gasteiger charge is 2.20. The monoisotopic (exact) mass is 255 g/mol. The Balaban J connectivity index is 2.73. The number of hydrogen-bond donors (Lipinski definition) is 3. The number of carbonyl (C=O) groups excluding carboxylic acids is 1. The molecule has 1 rings (SSSR count). The molecule has 0 aliphatic heterocycles. The molecule has 1 aromatic rings. The normalized spacial score (nSPS) is 12.2. The van der Waals surface area contributed by atoms with Crippen LogP contribution in [0.25, 0.3) is 0 Å². The average molecular weight is 255 g/mol. The van der Waals surface area contributed by atoms with Gasteiger partial charge in [-0.2, -0.15) is 5.10 Å². The van der Waals surface area contributed by atoms with E-state index in [9.17, 15) is 9.59 Å². The lowest BCUT2D eigenvalue weighted by Crippen LogP contribution is -2.44. The van der Waals surface area contributed by atoms with Crippen LogP contribution < -0.4 is 5.32 Å². The molecule has 0 aromatic carbocycles. The van der Waals surface area contributed by atoms with Crippen LogP contribution in [0.3, 0.4) is 0 Å². The smallest absolute Gasteiger partial charge is 0.328 e. The second-order valence-corrected chi connectivity index (χ2v) is 4.09. The summed E-state index contributed by atoms with van der Waals surface area (Å²) in [5.41, 5.74) is 2.37. The van der Waals surface area contributed by atoms with Gasteiger partial charge in [0.25, 0.3) is 0 Å². The van der Waals surface area contributed by atoms with Crippen LogP contribution in [-0.4, -0.2) is 44.5 Å². The van der Waals surface area contributed by atoms with Crippen LogP contribution >= 0.6 is 0 Å². The van der Waals surface area contributed by atoms with Crippen molar-refractivity contribution in [3.05, 3.63) is 17.0 Å². The topological polar surface area (TPSA) is 104 Å². The summed E-state index contributed by atoms with van der Waals surface area (Å²) >= 11 is 0. The highest BCUT2D eigenvalue weighted by molar-refractivity contribution is 5.85. The Morgan fingerprint density at radius 2 is 2.06 bits per heavy atom. The van der Waals surface area contributed by atoms with Crippen molar-refractivity contribution in [2.24, 2.45) is 7.05 Å². The van der Waals surface area contributed by atoms with Crippen LogP contribution in [0.15, 0.2) is 0 Å². The molecule has 1 heterocycles. The van der Waals surface area contributed by atoms with Gasteiger partial charge in [0.1, 0.15) is 6.04 Å². The molecule has 7 nitrogen and oxygen atoms in total. The zero-order chi connectivity index (χ0) is 13.9. The number of nitrogens with zero attached hydrogens (tertiary/aromatic N) is 2. The first-order valence-electron chi connectivity index (χ1n) is 5.49. The van der Waals surface area contributed by atoms with Gasteiger partial charge >= 0.3 is 5.97 Å². The van der Waals surface area contributed by atoms with E-state index in [-0.39, 0.29) is 6.42 Å². The summed E-state index contributed by atoms with van der Waals surface area (Å²) in [7, 11) is 1.78. The molecule has 1 atom stereocenters. The third kappa shape index (κ3) is 3.07. The van der Waals surface area contributed by atoms with Crippen LogP contribution in [0, 0.1) is 13.8 Å². The lowest BCUT2D eigenvalue weighted by Gasteiger charge is -2.11. The average Bonchev–Trinajstić information content (AvgIpc) is 2.52. The van der Waals surface area contributed by atoms with E-state index in [0.717, 1.165) is 17.0 Å². The predicted octanol–water partition coefficient (Wildman–Crippen LogP) is -0.859. The molecule has 1 amide bonds. The largest absolute Gasteiger partial charge is 0.480 e. The molecule has 3 N–H and O–H groups in total. The van der Waals surface area contributed by atoms with Crippen molar-refractivity contribution in [1.82, 2.24) is 15.1 Å². The van der Waals surface area contributed by atoms with Gasteiger partial charge in [-0.15, -0.1) is 0 Å². The van der Waals surface area contributed by atoms with E-state index >= 15 is 0 Å². The van der Waals surface area contributed by atoms with Crippen molar-refractivity contribution in [1.29, 1.82) is 0 Å². The van der Waals surface area contributed by atoms with Crippen LogP contribution in [0.1, 0.15) is 17.0 Å². The molecule has 0 radical (unpaired) electrons. The second kappa shape index (κ2) is 5.63. The Labute approximate surface area is 104 Å². The number of nitrogens with one attached hydrogen (secondary N) is 1. The summed E-state index contributed by atoms with van der Waals surface area (Å²) < 4.78 is 1.67. The molecular weight excluding hydrogens is 238 g/mol. The first kappa shape index (κ1) is 14.2. The predicted molar refractivity (Wildman–Crippen MR) is 63.0 cm³/mol. The highest BCUT2D eigenvalue weighted by atomic mass is 16.4. The van der Waals surface area contributed by atoms with Gasteiger partial charge in [-0.1, -0.05) is 0 Å². The van der Waals surface area contributed by atoms with E-state index in [1.807, 2.05) is 6.92 Å². The van der Waals surface area contributed by atoms with Gasteiger partial charge < -0.3 is 15.5 Å². The number of aliphatic hydroxyl groups excluding tert-OH is 1. The zero-order valence-electron chi connectivity index (χ0n) is 10.6. The fourth-order valence-corrected chi connectivity index (χ4v) is 1.66. The SMILES string of the molecule is Cc1nn(C)c(C)c1CC(=O)NC(CO)C(=O)O. The van der Waals surface area contributed by atoms with Crippen LogP contribution in [0.5, 0.6) is 0 Å². The maximum atomic E-state index is 11.7. The Morgan fingerprint density at radius 1 is 1.44 bits per heavy atom. The molecular formula is C11H17N3O4. The summed E-state index contributed by atoms with van der Waals surface area (Å²) in [6.45, 7) is 2.99. The van der Waals surface area contributed by atoms with Crippen molar-refractivity contribution in [2.75, 3.05) is 6.61 Å². The summed E-state index contributed by atoms with van der Waals surface area (Å²) in [5, 5.41) is 23.9. The first-order chi connectivity index (χ1) is 8.36. The Hall–Kier alpha value is -1.89. The minimum absolute atomic E-state index is 0.0509. The van der Waals surface area contributed by atoms with Crippen molar-refractivity contribution in [2.45, 2.75) is 26.3 Å². The van der Waals surface area contributed by atoms with E-state index in [0.29, 0.717) is 0 Å². The number of amides is 1. The number of hydrogen-bond acceptors (Lipinski definition) is 4. The van der Waals surface area contributed by atoms with Gasteiger partial charge in [0.2, 0.25) is 5.91 Å². The standard InChI is InChI=1S/C11H17N3O4/c1-6-8(7(2)14(3)13-6)4-10(16)12-9(5-15)11(17)18/h9,15H,4-5H2,1-3H3,(H,12,16)(H,17,18). The third-order valence-electron chi connectivity index (χ3n) is 2.81. The van der Waals surface area contributed by atoms with Gasteiger partial charge in [0.05, 0.1) is 18.7 Å². The van der Waals surface area contributed by atoms with E-state index in [2.05, 4.69) is 10.4 Å². The number of aliphatic hydroxyl groups is 1. The molecule has 0 fully saturated rings. The molecule has 18 heavy (non-hydrogen) atoms. The van der Waals surface area contributed by atoms with Crippen molar-refractivity contribution >= 4 is 11.9 Å². The number of aryl methyl sites for hydroxylation is 2. The molecule has 100 valence electrons. The lowest BCUT2D eigenvalue weighted by molar-refractivity contribution is -0.142.